The Balaban J connectivity index is 1.36. The second-order valence-corrected chi connectivity index (χ2v) is 9.12. The molecule has 2 N–H and O–H groups in total. The summed E-state index contributed by atoms with van der Waals surface area (Å²) in [7, 11) is 0. The molecule has 2 aromatic carbocycles. The maximum atomic E-state index is 14.3. The Morgan fingerprint density at radius 1 is 1.03 bits per heavy atom. The molecule has 1 aliphatic carbocycles. The van der Waals surface area contributed by atoms with Crippen LogP contribution in [-0.4, -0.2) is 33.1 Å². The lowest BCUT2D eigenvalue weighted by Gasteiger charge is -2.26. The van der Waals surface area contributed by atoms with Gasteiger partial charge < -0.3 is 15.0 Å². The first-order chi connectivity index (χ1) is 16.5. The molecule has 1 amide bonds. The van der Waals surface area contributed by atoms with E-state index in [4.69, 9.17) is 5.11 Å². The Kier molecular flexibility index (Phi) is 6.01. The number of benzene rings is 2. The normalized spacial score (nSPS) is 18.3. The standard InChI is InChI=1S/C27H26FN3O3/c28-22-11-20-9-10-31(16-23-12-19-3-1-2-4-21(19)15-29-23)25(20)24(13-22)26(32)30-14-17-5-7-18(8-6-17)27(33)34/h1-4,9-13,15,17-18H,5-8,14,16H2,(H,30,32)(H,33,34). The van der Waals surface area contributed by atoms with E-state index < -0.39 is 11.8 Å². The van der Waals surface area contributed by atoms with Gasteiger partial charge in [-0.3, -0.25) is 14.6 Å². The van der Waals surface area contributed by atoms with Crippen LogP contribution in [0.2, 0.25) is 0 Å². The molecule has 2 heterocycles. The number of carbonyl (C=O) groups is 2. The zero-order valence-electron chi connectivity index (χ0n) is 18.7. The minimum Gasteiger partial charge on any atom is -0.481 e. The summed E-state index contributed by atoms with van der Waals surface area (Å²) in [4.78, 5) is 28.8. The van der Waals surface area contributed by atoms with Gasteiger partial charge in [0.25, 0.3) is 5.91 Å². The first-order valence-electron chi connectivity index (χ1n) is 11.6. The molecule has 2 aromatic heterocycles. The van der Waals surface area contributed by atoms with Crippen LogP contribution >= 0.6 is 0 Å². The number of carbonyl (C=O) groups excluding carboxylic acids is 1. The van der Waals surface area contributed by atoms with Crippen LogP contribution < -0.4 is 5.32 Å². The number of nitrogens with one attached hydrogen (secondary N) is 1. The molecule has 1 saturated carbocycles. The fraction of sp³-hybridized carbons (Fsp3) is 0.296. The number of fused-ring (bicyclic) bond motifs is 2. The van der Waals surface area contributed by atoms with E-state index in [-0.39, 0.29) is 17.7 Å². The Morgan fingerprint density at radius 2 is 1.79 bits per heavy atom. The third kappa shape index (κ3) is 4.51. The zero-order valence-corrected chi connectivity index (χ0v) is 18.7. The lowest BCUT2D eigenvalue weighted by Crippen LogP contribution is -2.32. The van der Waals surface area contributed by atoms with Crippen LogP contribution in [0.3, 0.4) is 0 Å². The molecule has 34 heavy (non-hydrogen) atoms. The third-order valence-corrected chi connectivity index (χ3v) is 6.84. The summed E-state index contributed by atoms with van der Waals surface area (Å²) in [6.07, 6.45) is 6.47. The number of hydrogen-bond donors (Lipinski definition) is 2. The fourth-order valence-corrected chi connectivity index (χ4v) is 4.95. The van der Waals surface area contributed by atoms with Crippen molar-refractivity contribution in [2.24, 2.45) is 11.8 Å². The van der Waals surface area contributed by atoms with Crippen LogP contribution in [0.25, 0.3) is 21.7 Å². The maximum absolute atomic E-state index is 14.3. The van der Waals surface area contributed by atoms with E-state index in [1.807, 2.05) is 53.4 Å². The molecular formula is C27H26FN3O3. The third-order valence-electron chi connectivity index (χ3n) is 6.84. The van der Waals surface area contributed by atoms with Crippen LogP contribution in [0, 0.1) is 17.7 Å². The lowest BCUT2D eigenvalue weighted by atomic mass is 9.82. The topological polar surface area (TPSA) is 84.2 Å². The Bertz CT molecular complexity index is 1370. The molecule has 0 unspecified atom stereocenters. The van der Waals surface area contributed by atoms with Gasteiger partial charge in [-0.2, -0.15) is 0 Å². The first-order valence-corrected chi connectivity index (χ1v) is 11.6. The van der Waals surface area contributed by atoms with E-state index >= 15 is 0 Å². The average molecular weight is 460 g/mol. The number of amides is 1. The van der Waals surface area contributed by atoms with Crippen molar-refractivity contribution in [2.45, 2.75) is 32.2 Å². The number of aromatic nitrogens is 2. The van der Waals surface area contributed by atoms with E-state index in [0.29, 0.717) is 42.4 Å². The Hall–Kier alpha value is -3.74. The van der Waals surface area contributed by atoms with Crippen molar-refractivity contribution in [2.75, 3.05) is 6.54 Å². The first kappa shape index (κ1) is 22.1. The molecule has 174 valence electrons. The Morgan fingerprint density at radius 3 is 2.56 bits per heavy atom. The van der Waals surface area contributed by atoms with Gasteiger partial charge in [-0.05, 0) is 61.3 Å². The highest BCUT2D eigenvalue weighted by atomic mass is 19.1. The number of rotatable bonds is 6. The number of carboxylic acid groups (broad SMARTS) is 1. The van der Waals surface area contributed by atoms with Gasteiger partial charge in [0.05, 0.1) is 29.2 Å². The quantitative estimate of drug-likeness (QED) is 0.425. The van der Waals surface area contributed by atoms with Crippen molar-refractivity contribution < 1.29 is 19.1 Å². The molecule has 1 fully saturated rings. The summed E-state index contributed by atoms with van der Waals surface area (Å²) < 4.78 is 16.3. The molecule has 4 aromatic rings. The highest BCUT2D eigenvalue weighted by Gasteiger charge is 2.26. The molecule has 6 nitrogen and oxygen atoms in total. The van der Waals surface area contributed by atoms with E-state index in [2.05, 4.69) is 10.3 Å². The van der Waals surface area contributed by atoms with Gasteiger partial charge in [0.2, 0.25) is 0 Å². The predicted molar refractivity (Wildman–Crippen MR) is 128 cm³/mol. The van der Waals surface area contributed by atoms with Crippen LogP contribution in [-0.2, 0) is 11.3 Å². The predicted octanol–water partition coefficient (Wildman–Crippen LogP) is 5.00. The highest BCUT2D eigenvalue weighted by molar-refractivity contribution is 6.06. The SMILES string of the molecule is O=C(NCC1CCC(C(=O)O)CC1)c1cc(F)cc2ccn(Cc3cc4ccccc4cn3)c12. The summed E-state index contributed by atoms with van der Waals surface area (Å²) in [5.41, 5.74) is 1.81. The molecule has 7 heteroatoms. The van der Waals surface area contributed by atoms with Gasteiger partial charge >= 0.3 is 5.97 Å². The highest BCUT2D eigenvalue weighted by Crippen LogP contribution is 2.29. The maximum Gasteiger partial charge on any atom is 0.306 e. The zero-order chi connectivity index (χ0) is 23.7. The molecule has 0 bridgehead atoms. The minimum absolute atomic E-state index is 0.234. The lowest BCUT2D eigenvalue weighted by molar-refractivity contribution is -0.143. The average Bonchev–Trinajstić information content (AvgIpc) is 3.24. The smallest absolute Gasteiger partial charge is 0.306 e. The molecule has 0 saturated heterocycles. The van der Waals surface area contributed by atoms with Crippen molar-refractivity contribution >= 4 is 33.6 Å². The number of hydrogen-bond acceptors (Lipinski definition) is 3. The number of pyridine rings is 1. The van der Waals surface area contributed by atoms with Gasteiger partial charge in [-0.15, -0.1) is 0 Å². The molecule has 0 atom stereocenters. The Labute approximate surface area is 196 Å². The second kappa shape index (κ2) is 9.25. The molecule has 0 aliphatic heterocycles. The summed E-state index contributed by atoms with van der Waals surface area (Å²) in [6.45, 7) is 0.912. The van der Waals surface area contributed by atoms with Crippen molar-refractivity contribution in [3.63, 3.8) is 0 Å². The molecule has 0 spiro atoms. The number of carboxylic acids is 1. The van der Waals surface area contributed by atoms with Crippen molar-refractivity contribution in [3.05, 3.63) is 78.0 Å². The van der Waals surface area contributed by atoms with E-state index in [1.54, 1.807) is 0 Å². The van der Waals surface area contributed by atoms with E-state index in [0.717, 1.165) is 29.3 Å². The second-order valence-electron chi connectivity index (χ2n) is 9.12. The largest absolute Gasteiger partial charge is 0.481 e. The van der Waals surface area contributed by atoms with E-state index in [9.17, 15) is 14.0 Å². The van der Waals surface area contributed by atoms with Gasteiger partial charge in [-0.25, -0.2) is 4.39 Å². The van der Waals surface area contributed by atoms with Gasteiger partial charge in [-0.1, -0.05) is 24.3 Å². The number of nitrogens with zero attached hydrogens (tertiary/aromatic N) is 2. The van der Waals surface area contributed by atoms with Gasteiger partial charge in [0, 0.05) is 29.7 Å². The van der Waals surface area contributed by atoms with Crippen LogP contribution in [0.1, 0.15) is 41.7 Å². The van der Waals surface area contributed by atoms with Crippen LogP contribution in [0.5, 0.6) is 0 Å². The molecule has 1 aliphatic rings. The molecule has 0 radical (unpaired) electrons. The molecule has 5 rings (SSSR count). The van der Waals surface area contributed by atoms with Crippen LogP contribution in [0.4, 0.5) is 4.39 Å². The number of aliphatic carboxylic acids is 1. The van der Waals surface area contributed by atoms with Crippen molar-refractivity contribution in [3.8, 4) is 0 Å². The van der Waals surface area contributed by atoms with Crippen molar-refractivity contribution in [1.82, 2.24) is 14.9 Å². The van der Waals surface area contributed by atoms with Gasteiger partial charge in [0.15, 0.2) is 0 Å². The summed E-state index contributed by atoms with van der Waals surface area (Å²) in [6, 6.07) is 14.5. The van der Waals surface area contributed by atoms with Crippen molar-refractivity contribution in [1.29, 1.82) is 0 Å². The summed E-state index contributed by atoms with van der Waals surface area (Å²) >= 11 is 0. The number of halogens is 1. The molecular weight excluding hydrogens is 433 g/mol. The van der Waals surface area contributed by atoms with Crippen LogP contribution in [0.15, 0.2) is 60.9 Å². The summed E-state index contributed by atoms with van der Waals surface area (Å²) in [5.74, 6) is -1.58. The van der Waals surface area contributed by atoms with Gasteiger partial charge in [0.1, 0.15) is 5.82 Å². The minimum atomic E-state index is -0.744. The fourth-order valence-electron chi connectivity index (χ4n) is 4.95. The summed E-state index contributed by atoms with van der Waals surface area (Å²) in [5, 5.41) is 14.9. The van der Waals surface area contributed by atoms with E-state index in [1.165, 1.54) is 12.1 Å². The monoisotopic (exact) mass is 459 g/mol.